The molecule has 0 saturated carbocycles. The molecule has 2 N–H and O–H groups in total. The van der Waals surface area contributed by atoms with E-state index in [1.807, 2.05) is 37.3 Å². The van der Waals surface area contributed by atoms with Crippen LogP contribution < -0.4 is 10.6 Å². The van der Waals surface area contributed by atoms with Gasteiger partial charge in [-0.15, -0.1) is 24.8 Å². The minimum absolute atomic E-state index is 0. The number of nitrogens with zero attached hydrogens (tertiary/aromatic N) is 1. The molecule has 2 fully saturated rings. The number of fused-ring (bicyclic) bond motifs is 3. The normalized spacial score (nSPS) is 24.8. The van der Waals surface area contributed by atoms with Gasteiger partial charge >= 0.3 is 0 Å². The minimum Gasteiger partial charge on any atom is -0.349 e. The molecule has 1 aromatic carbocycles. The van der Waals surface area contributed by atoms with Crippen LogP contribution in [0.4, 0.5) is 0 Å². The molecule has 2 saturated heterocycles. The van der Waals surface area contributed by atoms with Crippen LogP contribution in [0.2, 0.25) is 0 Å². The van der Waals surface area contributed by atoms with E-state index >= 15 is 0 Å². The van der Waals surface area contributed by atoms with E-state index in [2.05, 4.69) is 15.6 Å². The summed E-state index contributed by atoms with van der Waals surface area (Å²) < 4.78 is 0. The summed E-state index contributed by atoms with van der Waals surface area (Å²) in [6.45, 7) is 1.96. The van der Waals surface area contributed by atoms with Crippen LogP contribution in [0.25, 0.3) is 10.9 Å². The van der Waals surface area contributed by atoms with Gasteiger partial charge in [-0.3, -0.25) is 9.78 Å². The lowest BCUT2D eigenvalue weighted by molar-refractivity contribution is 0.0925. The molecule has 6 heteroatoms. The molecule has 130 valence electrons. The van der Waals surface area contributed by atoms with E-state index in [1.165, 1.54) is 12.8 Å². The average molecular weight is 368 g/mol. The van der Waals surface area contributed by atoms with Crippen LogP contribution in [0, 0.1) is 6.92 Å². The zero-order valence-corrected chi connectivity index (χ0v) is 15.3. The van der Waals surface area contributed by atoms with Gasteiger partial charge in [-0.25, -0.2) is 0 Å². The Hall–Kier alpha value is -1.36. The van der Waals surface area contributed by atoms with Gasteiger partial charge in [-0.1, -0.05) is 18.2 Å². The molecule has 1 aromatic heterocycles. The standard InChI is InChI=1S/C18H21N3O.2ClH/c1-11-5-6-12-3-2-4-16(17(12)19-11)18(22)21-15-9-13-7-8-14(10-15)20-13;;/h2-6,13-15,20H,7-10H2,1H3,(H,21,22);2*1H. The third kappa shape index (κ3) is 3.66. The van der Waals surface area contributed by atoms with Gasteiger partial charge in [-0.05, 0) is 44.7 Å². The SMILES string of the molecule is Cc1ccc2cccc(C(=O)NC3CC4CCC(C3)N4)c2n1.Cl.Cl. The van der Waals surface area contributed by atoms with Crippen molar-refractivity contribution in [2.24, 2.45) is 0 Å². The van der Waals surface area contributed by atoms with Crippen molar-refractivity contribution in [2.75, 3.05) is 0 Å². The molecule has 0 spiro atoms. The Kier molecular flexibility index (Phi) is 6.07. The number of para-hydroxylation sites is 1. The van der Waals surface area contributed by atoms with Crippen molar-refractivity contribution in [3.05, 3.63) is 41.6 Å². The minimum atomic E-state index is 0. The number of carbonyl (C=O) groups is 1. The van der Waals surface area contributed by atoms with E-state index in [1.54, 1.807) is 0 Å². The lowest BCUT2D eigenvalue weighted by Crippen LogP contribution is -2.48. The lowest BCUT2D eigenvalue weighted by atomic mass is 9.99. The second-order valence-electron chi connectivity index (χ2n) is 6.61. The van der Waals surface area contributed by atoms with Crippen LogP contribution in [-0.4, -0.2) is 29.0 Å². The van der Waals surface area contributed by atoms with Crippen LogP contribution in [0.5, 0.6) is 0 Å². The third-order valence-corrected chi connectivity index (χ3v) is 4.91. The number of rotatable bonds is 2. The number of nitrogens with one attached hydrogen (secondary N) is 2. The fraction of sp³-hybridized carbons (Fsp3) is 0.444. The highest BCUT2D eigenvalue weighted by molar-refractivity contribution is 6.05. The predicted octanol–water partition coefficient (Wildman–Crippen LogP) is 3.40. The van der Waals surface area contributed by atoms with Crippen molar-refractivity contribution in [3.63, 3.8) is 0 Å². The Labute approximate surface area is 154 Å². The highest BCUT2D eigenvalue weighted by Gasteiger charge is 2.34. The fourth-order valence-corrected chi connectivity index (χ4v) is 3.87. The van der Waals surface area contributed by atoms with Gasteiger partial charge < -0.3 is 10.6 Å². The van der Waals surface area contributed by atoms with Crippen LogP contribution in [0.15, 0.2) is 30.3 Å². The van der Waals surface area contributed by atoms with E-state index in [-0.39, 0.29) is 36.8 Å². The maximum Gasteiger partial charge on any atom is 0.253 e. The van der Waals surface area contributed by atoms with Crippen molar-refractivity contribution >= 4 is 41.6 Å². The number of halogens is 2. The van der Waals surface area contributed by atoms with Crippen LogP contribution in [0.1, 0.15) is 41.7 Å². The summed E-state index contributed by atoms with van der Waals surface area (Å²) in [7, 11) is 0. The van der Waals surface area contributed by atoms with E-state index in [9.17, 15) is 4.79 Å². The highest BCUT2D eigenvalue weighted by atomic mass is 35.5. The second kappa shape index (κ2) is 7.68. The molecule has 2 unspecified atom stereocenters. The zero-order chi connectivity index (χ0) is 15.1. The molecular formula is C18H23Cl2N3O. The van der Waals surface area contributed by atoms with E-state index < -0.39 is 0 Å². The molecule has 2 atom stereocenters. The summed E-state index contributed by atoms with van der Waals surface area (Å²) in [4.78, 5) is 17.3. The summed E-state index contributed by atoms with van der Waals surface area (Å²) in [5, 5.41) is 7.85. The molecule has 2 aliphatic heterocycles. The Balaban J connectivity index is 0.00000104. The van der Waals surface area contributed by atoms with Gasteiger partial charge in [0.15, 0.2) is 0 Å². The number of benzene rings is 1. The molecule has 2 aromatic rings. The first-order valence-corrected chi connectivity index (χ1v) is 8.12. The Morgan fingerprint density at radius 3 is 2.54 bits per heavy atom. The molecule has 2 aliphatic rings. The molecule has 0 aliphatic carbocycles. The maximum atomic E-state index is 12.7. The summed E-state index contributed by atoms with van der Waals surface area (Å²) in [5.41, 5.74) is 2.43. The number of carbonyl (C=O) groups excluding carboxylic acids is 1. The first kappa shape index (κ1) is 19.0. The topological polar surface area (TPSA) is 54.0 Å². The number of aryl methyl sites for hydroxylation is 1. The van der Waals surface area contributed by atoms with Crippen LogP contribution in [-0.2, 0) is 0 Å². The van der Waals surface area contributed by atoms with E-state index in [4.69, 9.17) is 0 Å². The zero-order valence-electron chi connectivity index (χ0n) is 13.6. The van der Waals surface area contributed by atoms with Crippen molar-refractivity contribution < 1.29 is 4.79 Å². The average Bonchev–Trinajstić information content (AvgIpc) is 2.85. The lowest BCUT2D eigenvalue weighted by Gasteiger charge is -2.29. The van der Waals surface area contributed by atoms with Crippen molar-refractivity contribution in [3.8, 4) is 0 Å². The molecule has 0 radical (unpaired) electrons. The monoisotopic (exact) mass is 367 g/mol. The molecule has 24 heavy (non-hydrogen) atoms. The fourth-order valence-electron chi connectivity index (χ4n) is 3.87. The molecule has 4 rings (SSSR count). The summed E-state index contributed by atoms with van der Waals surface area (Å²) in [6.07, 6.45) is 4.57. The van der Waals surface area contributed by atoms with Gasteiger partial charge in [0.05, 0.1) is 11.1 Å². The van der Waals surface area contributed by atoms with Crippen molar-refractivity contribution in [1.82, 2.24) is 15.6 Å². The summed E-state index contributed by atoms with van der Waals surface area (Å²) in [6, 6.07) is 11.3. The number of hydrogen-bond donors (Lipinski definition) is 2. The maximum absolute atomic E-state index is 12.7. The largest absolute Gasteiger partial charge is 0.349 e. The third-order valence-electron chi connectivity index (χ3n) is 4.91. The number of piperidine rings is 1. The first-order chi connectivity index (χ1) is 10.7. The highest BCUT2D eigenvalue weighted by Crippen LogP contribution is 2.27. The number of hydrogen-bond acceptors (Lipinski definition) is 3. The Morgan fingerprint density at radius 1 is 1.12 bits per heavy atom. The van der Waals surface area contributed by atoms with Gasteiger partial charge in [0.2, 0.25) is 0 Å². The number of aromatic nitrogens is 1. The molecule has 1 amide bonds. The molecule has 4 nitrogen and oxygen atoms in total. The summed E-state index contributed by atoms with van der Waals surface area (Å²) in [5.74, 6) is 0.00926. The Morgan fingerprint density at radius 2 is 1.83 bits per heavy atom. The van der Waals surface area contributed by atoms with Gasteiger partial charge in [0.1, 0.15) is 0 Å². The number of pyridine rings is 1. The van der Waals surface area contributed by atoms with Crippen molar-refractivity contribution in [2.45, 2.75) is 50.7 Å². The van der Waals surface area contributed by atoms with Crippen LogP contribution in [0.3, 0.4) is 0 Å². The smallest absolute Gasteiger partial charge is 0.253 e. The van der Waals surface area contributed by atoms with Gasteiger partial charge in [-0.2, -0.15) is 0 Å². The predicted molar refractivity (Wildman–Crippen MR) is 101 cm³/mol. The van der Waals surface area contributed by atoms with Gasteiger partial charge in [0, 0.05) is 29.2 Å². The van der Waals surface area contributed by atoms with E-state index in [0.717, 1.165) is 29.4 Å². The molecular weight excluding hydrogens is 345 g/mol. The second-order valence-corrected chi connectivity index (χ2v) is 6.61. The Bertz CT molecular complexity index is 725. The van der Waals surface area contributed by atoms with Gasteiger partial charge in [0.25, 0.3) is 5.91 Å². The van der Waals surface area contributed by atoms with Crippen molar-refractivity contribution in [1.29, 1.82) is 0 Å². The summed E-state index contributed by atoms with van der Waals surface area (Å²) >= 11 is 0. The van der Waals surface area contributed by atoms with E-state index in [0.29, 0.717) is 17.6 Å². The van der Waals surface area contributed by atoms with Crippen LogP contribution >= 0.6 is 24.8 Å². The number of amides is 1. The first-order valence-electron chi connectivity index (χ1n) is 8.12. The molecule has 3 heterocycles. The molecule has 2 bridgehead atoms. The quantitative estimate of drug-likeness (QED) is 0.854.